The van der Waals surface area contributed by atoms with E-state index >= 15 is 0 Å². The van der Waals surface area contributed by atoms with Crippen molar-refractivity contribution in [3.63, 3.8) is 0 Å². The number of benzene rings is 2. The fraction of sp³-hybridized carbons (Fsp3) is 0.312. The summed E-state index contributed by atoms with van der Waals surface area (Å²) in [6, 6.07) is 10.1. The Kier molecular flexibility index (Phi) is 7.16. The number of carbonyl (C=O) groups excluding carboxylic acids is 1. The topological polar surface area (TPSA) is 101 Å². The molecule has 132 valence electrons. The Morgan fingerprint density at radius 1 is 1.17 bits per heavy atom. The van der Waals surface area contributed by atoms with E-state index in [1.165, 1.54) is 13.0 Å². The first-order valence-corrected chi connectivity index (χ1v) is 8.84. The maximum Gasteiger partial charge on any atom is 0.241 e. The molecule has 2 rings (SSSR count). The van der Waals surface area contributed by atoms with E-state index in [0.717, 1.165) is 0 Å². The van der Waals surface area contributed by atoms with Gasteiger partial charge in [0.2, 0.25) is 15.9 Å². The van der Waals surface area contributed by atoms with Crippen LogP contribution in [0.15, 0.2) is 41.3 Å². The average Bonchev–Trinajstić information content (AvgIpc) is 2.46. The Hall–Kier alpha value is -1.67. The molecular formula is C16H22ClN3O3S. The summed E-state index contributed by atoms with van der Waals surface area (Å²) >= 11 is 0. The quantitative estimate of drug-likeness (QED) is 0.724. The van der Waals surface area contributed by atoms with Crippen LogP contribution in [0.1, 0.15) is 20.3 Å². The van der Waals surface area contributed by atoms with E-state index in [4.69, 9.17) is 5.73 Å². The highest BCUT2D eigenvalue weighted by Crippen LogP contribution is 2.29. The lowest BCUT2D eigenvalue weighted by Gasteiger charge is -2.13. The molecule has 2 aromatic rings. The minimum Gasteiger partial charge on any atom is -0.328 e. The lowest BCUT2D eigenvalue weighted by atomic mass is 10.1. The van der Waals surface area contributed by atoms with Crippen LogP contribution in [-0.2, 0) is 14.8 Å². The van der Waals surface area contributed by atoms with Gasteiger partial charge in [0.15, 0.2) is 0 Å². The fourth-order valence-electron chi connectivity index (χ4n) is 2.30. The molecule has 0 aliphatic heterocycles. The number of nitrogens with one attached hydrogen (secondary N) is 2. The van der Waals surface area contributed by atoms with Crippen LogP contribution in [0.5, 0.6) is 0 Å². The van der Waals surface area contributed by atoms with Gasteiger partial charge in [-0.05, 0) is 25.5 Å². The highest BCUT2D eigenvalue weighted by molar-refractivity contribution is 7.89. The summed E-state index contributed by atoms with van der Waals surface area (Å²) in [5.41, 5.74) is 6.23. The van der Waals surface area contributed by atoms with Crippen molar-refractivity contribution in [2.24, 2.45) is 5.73 Å². The highest BCUT2D eigenvalue weighted by atomic mass is 35.5. The number of sulfonamides is 1. The molecule has 0 aliphatic rings. The minimum absolute atomic E-state index is 0. The van der Waals surface area contributed by atoms with Crippen LogP contribution in [-0.4, -0.2) is 26.9 Å². The summed E-state index contributed by atoms with van der Waals surface area (Å²) in [6.07, 6.45) is 0.557. The zero-order valence-electron chi connectivity index (χ0n) is 13.6. The van der Waals surface area contributed by atoms with Gasteiger partial charge < -0.3 is 11.1 Å². The second-order valence-corrected chi connectivity index (χ2v) is 7.24. The number of hydrogen-bond donors (Lipinski definition) is 3. The van der Waals surface area contributed by atoms with Crippen molar-refractivity contribution in [2.45, 2.75) is 31.2 Å². The monoisotopic (exact) mass is 371 g/mol. The zero-order chi connectivity index (χ0) is 17.0. The van der Waals surface area contributed by atoms with Crippen LogP contribution in [0.3, 0.4) is 0 Å². The van der Waals surface area contributed by atoms with E-state index in [9.17, 15) is 13.2 Å². The van der Waals surface area contributed by atoms with Crippen molar-refractivity contribution in [1.82, 2.24) is 4.72 Å². The lowest BCUT2D eigenvalue weighted by Crippen LogP contribution is -2.29. The second-order valence-electron chi connectivity index (χ2n) is 5.50. The fourth-order valence-corrected chi connectivity index (χ4v) is 3.56. The van der Waals surface area contributed by atoms with E-state index in [1.807, 2.05) is 6.92 Å². The molecule has 1 unspecified atom stereocenters. The Morgan fingerprint density at radius 2 is 1.79 bits per heavy atom. The van der Waals surface area contributed by atoms with Crippen LogP contribution in [0.4, 0.5) is 5.69 Å². The van der Waals surface area contributed by atoms with E-state index in [1.54, 1.807) is 30.3 Å². The van der Waals surface area contributed by atoms with E-state index in [0.29, 0.717) is 22.9 Å². The maximum atomic E-state index is 12.5. The van der Waals surface area contributed by atoms with Gasteiger partial charge in [-0.2, -0.15) is 0 Å². The second kappa shape index (κ2) is 8.43. The highest BCUT2D eigenvalue weighted by Gasteiger charge is 2.18. The summed E-state index contributed by atoms with van der Waals surface area (Å²) in [5, 5.41) is 3.95. The summed E-state index contributed by atoms with van der Waals surface area (Å²) in [7, 11) is -3.65. The number of nitrogens with two attached hydrogens (primary N) is 1. The Morgan fingerprint density at radius 3 is 2.38 bits per heavy atom. The van der Waals surface area contributed by atoms with Gasteiger partial charge in [0.1, 0.15) is 0 Å². The van der Waals surface area contributed by atoms with Gasteiger partial charge in [-0.3, -0.25) is 4.79 Å². The number of carbonyl (C=O) groups is 1. The first-order valence-electron chi connectivity index (χ1n) is 7.36. The van der Waals surface area contributed by atoms with Gasteiger partial charge >= 0.3 is 0 Å². The predicted molar refractivity (Wildman–Crippen MR) is 99.0 cm³/mol. The molecule has 4 N–H and O–H groups in total. The predicted octanol–water partition coefficient (Wildman–Crippen LogP) is 2.24. The van der Waals surface area contributed by atoms with Crippen molar-refractivity contribution in [2.75, 3.05) is 11.9 Å². The van der Waals surface area contributed by atoms with Crippen LogP contribution in [0, 0.1) is 0 Å². The molecule has 0 saturated heterocycles. The average molecular weight is 372 g/mol. The molecule has 1 amide bonds. The van der Waals surface area contributed by atoms with Gasteiger partial charge in [-0.15, -0.1) is 12.4 Å². The standard InChI is InChI=1S/C16H21N3O3S.ClH/c1-11(17)9-10-18-23(21,22)16-8-7-15(19-12(2)20)13-5-3-4-6-14(13)16;/h3-8,11,18H,9-10,17H2,1-2H3,(H,19,20);1H. The zero-order valence-corrected chi connectivity index (χ0v) is 15.2. The van der Waals surface area contributed by atoms with Crippen LogP contribution < -0.4 is 15.8 Å². The summed E-state index contributed by atoms with van der Waals surface area (Å²) < 4.78 is 27.6. The Balaban J connectivity index is 0.00000288. The van der Waals surface area contributed by atoms with Crippen molar-refractivity contribution in [3.05, 3.63) is 36.4 Å². The van der Waals surface area contributed by atoms with E-state index < -0.39 is 10.0 Å². The first-order chi connectivity index (χ1) is 10.8. The third-order valence-electron chi connectivity index (χ3n) is 3.38. The van der Waals surface area contributed by atoms with E-state index in [-0.39, 0.29) is 35.8 Å². The van der Waals surface area contributed by atoms with E-state index in [2.05, 4.69) is 10.0 Å². The molecule has 8 heteroatoms. The van der Waals surface area contributed by atoms with Crippen molar-refractivity contribution < 1.29 is 13.2 Å². The molecular weight excluding hydrogens is 350 g/mol. The molecule has 2 aromatic carbocycles. The maximum absolute atomic E-state index is 12.5. The summed E-state index contributed by atoms with van der Waals surface area (Å²) in [4.78, 5) is 11.5. The summed E-state index contributed by atoms with van der Waals surface area (Å²) in [6.45, 7) is 3.52. The van der Waals surface area contributed by atoms with Crippen molar-refractivity contribution in [1.29, 1.82) is 0 Å². The van der Waals surface area contributed by atoms with Gasteiger partial charge in [0.05, 0.1) is 4.90 Å². The van der Waals surface area contributed by atoms with Crippen LogP contribution in [0.25, 0.3) is 10.8 Å². The third-order valence-corrected chi connectivity index (χ3v) is 4.90. The third kappa shape index (κ3) is 4.91. The van der Waals surface area contributed by atoms with Crippen molar-refractivity contribution >= 4 is 44.8 Å². The van der Waals surface area contributed by atoms with Crippen LogP contribution >= 0.6 is 12.4 Å². The summed E-state index contributed by atoms with van der Waals surface area (Å²) in [5.74, 6) is -0.208. The molecule has 1 atom stereocenters. The number of rotatable bonds is 6. The minimum atomic E-state index is -3.65. The molecule has 6 nitrogen and oxygen atoms in total. The van der Waals surface area contributed by atoms with Gasteiger partial charge in [-0.1, -0.05) is 24.3 Å². The number of halogens is 1. The number of anilines is 1. The molecule has 0 saturated carbocycles. The lowest BCUT2D eigenvalue weighted by molar-refractivity contribution is -0.114. The molecule has 0 fully saturated rings. The molecule has 0 aliphatic carbocycles. The number of amides is 1. The Bertz CT molecular complexity index is 822. The number of fused-ring (bicyclic) bond motifs is 1. The van der Waals surface area contributed by atoms with Gasteiger partial charge in [0.25, 0.3) is 0 Å². The molecule has 24 heavy (non-hydrogen) atoms. The smallest absolute Gasteiger partial charge is 0.241 e. The Labute approximate surface area is 148 Å². The first kappa shape index (κ1) is 20.4. The van der Waals surface area contributed by atoms with Crippen LogP contribution in [0.2, 0.25) is 0 Å². The molecule has 0 spiro atoms. The van der Waals surface area contributed by atoms with Gasteiger partial charge in [0, 0.05) is 36.0 Å². The largest absolute Gasteiger partial charge is 0.328 e. The number of hydrogen-bond acceptors (Lipinski definition) is 4. The van der Waals surface area contributed by atoms with Crippen molar-refractivity contribution in [3.8, 4) is 0 Å². The SMILES string of the molecule is CC(=O)Nc1ccc(S(=O)(=O)NCCC(C)N)c2ccccc12.Cl. The molecule has 0 radical (unpaired) electrons. The molecule has 0 aromatic heterocycles. The molecule has 0 bridgehead atoms. The molecule has 0 heterocycles. The normalized spacial score (nSPS) is 12.5. The van der Waals surface area contributed by atoms with Gasteiger partial charge in [-0.25, -0.2) is 13.1 Å².